The molecule has 2 rings (SSSR count). The van der Waals surface area contributed by atoms with E-state index in [0.29, 0.717) is 28.9 Å². The van der Waals surface area contributed by atoms with E-state index in [2.05, 4.69) is 9.97 Å². The molecule has 0 bridgehead atoms. The summed E-state index contributed by atoms with van der Waals surface area (Å²) in [6, 6.07) is 5.60. The van der Waals surface area contributed by atoms with Crippen LogP contribution in [0.3, 0.4) is 0 Å². The van der Waals surface area contributed by atoms with Gasteiger partial charge in [-0.1, -0.05) is 32.9 Å². The van der Waals surface area contributed by atoms with Crippen LogP contribution in [0, 0.1) is 5.82 Å². The summed E-state index contributed by atoms with van der Waals surface area (Å²) in [4.78, 5) is 20.5. The number of ketones is 1. The lowest BCUT2D eigenvalue weighted by Gasteiger charge is -2.20. The molecule has 8 nitrogen and oxygen atoms in total. The summed E-state index contributed by atoms with van der Waals surface area (Å²) in [5, 5.41) is 20.5. The van der Waals surface area contributed by atoms with Gasteiger partial charge in [-0.2, -0.15) is 0 Å². The van der Waals surface area contributed by atoms with Crippen molar-refractivity contribution >= 4 is 27.8 Å². The Balaban J connectivity index is 2.57. The Morgan fingerprint density at radius 3 is 2.32 bits per heavy atom. The average Bonchev–Trinajstić information content (AvgIpc) is 2.76. The fourth-order valence-corrected chi connectivity index (χ4v) is 3.63. The fourth-order valence-electron chi connectivity index (χ4n) is 3.25. The van der Waals surface area contributed by atoms with E-state index in [1.54, 1.807) is 13.0 Å². The first kappa shape index (κ1) is 27.6. The van der Waals surface area contributed by atoms with Crippen LogP contribution in [0.5, 0.6) is 0 Å². The van der Waals surface area contributed by atoms with Crippen LogP contribution in [-0.4, -0.2) is 59.9 Å². The van der Waals surface area contributed by atoms with Gasteiger partial charge in [0.05, 0.1) is 29.9 Å². The van der Waals surface area contributed by atoms with E-state index < -0.39 is 28.0 Å². The van der Waals surface area contributed by atoms with E-state index in [1.807, 2.05) is 13.8 Å². The summed E-state index contributed by atoms with van der Waals surface area (Å²) in [6.45, 7) is 5.48. The van der Waals surface area contributed by atoms with Gasteiger partial charge in [0, 0.05) is 37.4 Å². The smallest absolute Gasteiger partial charge is 0.239 e. The number of halogens is 1. The topological polar surface area (TPSA) is 121 Å². The molecule has 0 aliphatic carbocycles. The third kappa shape index (κ3) is 7.41. The molecule has 0 amide bonds. The summed E-state index contributed by atoms with van der Waals surface area (Å²) >= 11 is 0. The highest BCUT2D eigenvalue weighted by molar-refractivity contribution is 7.92. The molecule has 0 aliphatic heterocycles. The maximum Gasteiger partial charge on any atom is 0.239 e. The molecule has 0 radical (unpaired) electrons. The number of nitrogens with zero attached hydrogens (tertiary/aromatic N) is 3. The second-order valence-corrected chi connectivity index (χ2v) is 10.5. The largest absolute Gasteiger partial charge is 0.393 e. The highest BCUT2D eigenvalue weighted by atomic mass is 32.2. The molecule has 2 atom stereocenters. The average molecular weight is 494 g/mol. The van der Waals surface area contributed by atoms with E-state index >= 15 is 0 Å². The minimum atomic E-state index is -3.63. The van der Waals surface area contributed by atoms with Gasteiger partial charge in [0.2, 0.25) is 16.0 Å². The Morgan fingerprint density at radius 1 is 1.18 bits per heavy atom. The molecule has 0 spiro atoms. The molecule has 0 saturated heterocycles. The first-order chi connectivity index (χ1) is 15.8. The normalized spacial score (nSPS) is 13.9. The zero-order chi connectivity index (χ0) is 25.6. The number of sulfonamides is 1. The second kappa shape index (κ2) is 11.6. The summed E-state index contributed by atoms with van der Waals surface area (Å²) < 4.78 is 38.7. The third-order valence-electron chi connectivity index (χ3n) is 5.26. The summed E-state index contributed by atoms with van der Waals surface area (Å²) in [6.07, 6.45) is 2.36. The van der Waals surface area contributed by atoms with E-state index in [1.165, 1.54) is 37.4 Å². The van der Waals surface area contributed by atoms with E-state index in [-0.39, 0.29) is 30.5 Å². The first-order valence-corrected chi connectivity index (χ1v) is 12.9. The standard InChI is InChI=1S/C24H32FN3O5S/c1-6-18(29)13-20(31)14-19(30)11-12-21-22(15(2)3)26-24(28(4)34(5,32)33)27-23(21)16-7-9-17(25)10-8-16/h7-12,15,19-20,30-31H,6,13-14H2,1-5H3/b12-11+. The number of carbonyl (C=O) groups excluding carboxylic acids is 1. The lowest BCUT2D eigenvalue weighted by atomic mass is 9.97. The van der Waals surface area contributed by atoms with Gasteiger partial charge < -0.3 is 10.2 Å². The van der Waals surface area contributed by atoms with Crippen LogP contribution in [0.4, 0.5) is 10.3 Å². The highest BCUT2D eigenvalue weighted by Gasteiger charge is 2.22. The van der Waals surface area contributed by atoms with E-state index in [9.17, 15) is 27.8 Å². The number of benzene rings is 1. The van der Waals surface area contributed by atoms with Gasteiger partial charge >= 0.3 is 0 Å². The molecule has 1 aromatic heterocycles. The quantitative estimate of drug-likeness (QED) is 0.493. The monoisotopic (exact) mass is 493 g/mol. The Bertz CT molecular complexity index is 1130. The number of hydrogen-bond acceptors (Lipinski definition) is 7. The maximum absolute atomic E-state index is 13.6. The Kier molecular flexibility index (Phi) is 9.43. The van der Waals surface area contributed by atoms with E-state index in [4.69, 9.17) is 0 Å². The number of aromatic nitrogens is 2. The number of carbonyl (C=O) groups is 1. The van der Waals surface area contributed by atoms with Crippen LogP contribution < -0.4 is 4.31 Å². The molecule has 2 N–H and O–H groups in total. The Hall–Kier alpha value is -2.69. The minimum Gasteiger partial charge on any atom is -0.393 e. The molecular weight excluding hydrogens is 461 g/mol. The van der Waals surface area contributed by atoms with Crippen molar-refractivity contribution in [3.8, 4) is 11.3 Å². The zero-order valence-corrected chi connectivity index (χ0v) is 20.9. The Morgan fingerprint density at radius 2 is 1.79 bits per heavy atom. The zero-order valence-electron chi connectivity index (χ0n) is 20.1. The SMILES string of the molecule is CCC(=O)CC(O)CC(O)/C=C/c1c(-c2ccc(F)cc2)nc(N(C)S(C)(=O)=O)nc1C(C)C. The molecule has 1 aromatic carbocycles. The molecule has 34 heavy (non-hydrogen) atoms. The van der Waals surface area contributed by atoms with Crippen molar-refractivity contribution in [1.29, 1.82) is 0 Å². The van der Waals surface area contributed by atoms with Gasteiger partial charge in [-0.05, 0) is 30.2 Å². The predicted octanol–water partition coefficient (Wildman–Crippen LogP) is 3.30. The number of rotatable bonds is 11. The van der Waals surface area contributed by atoms with Crippen LogP contribution in [-0.2, 0) is 14.8 Å². The number of Topliss-reactive ketones (excluding diaryl/α,β-unsaturated/α-hetero) is 1. The van der Waals surface area contributed by atoms with Crippen LogP contribution in [0.1, 0.15) is 57.2 Å². The molecular formula is C24H32FN3O5S. The predicted molar refractivity (Wildman–Crippen MR) is 130 cm³/mol. The maximum atomic E-state index is 13.6. The lowest BCUT2D eigenvalue weighted by molar-refractivity contribution is -0.120. The molecule has 0 aliphatic rings. The van der Waals surface area contributed by atoms with E-state index in [0.717, 1.165) is 10.6 Å². The van der Waals surface area contributed by atoms with Crippen molar-refractivity contribution in [2.45, 2.75) is 58.2 Å². The number of aliphatic hydroxyl groups is 2. The van der Waals surface area contributed by atoms with Crippen LogP contribution in [0.25, 0.3) is 17.3 Å². The van der Waals surface area contributed by atoms with Crippen molar-refractivity contribution in [3.05, 3.63) is 47.4 Å². The second-order valence-electron chi connectivity index (χ2n) is 8.48. The molecule has 1 heterocycles. The van der Waals surface area contributed by atoms with Crippen molar-refractivity contribution < 1.29 is 27.8 Å². The molecule has 0 fully saturated rings. The number of anilines is 1. The van der Waals surface area contributed by atoms with Crippen molar-refractivity contribution in [1.82, 2.24) is 9.97 Å². The molecule has 10 heteroatoms. The van der Waals surface area contributed by atoms with Crippen LogP contribution in [0.2, 0.25) is 0 Å². The summed E-state index contributed by atoms with van der Waals surface area (Å²) in [5.74, 6) is -0.697. The minimum absolute atomic E-state index is 0.0269. The van der Waals surface area contributed by atoms with Crippen LogP contribution in [0.15, 0.2) is 30.3 Å². The number of hydrogen-bond donors (Lipinski definition) is 2. The van der Waals surface area contributed by atoms with Gasteiger partial charge in [-0.25, -0.2) is 27.1 Å². The van der Waals surface area contributed by atoms with Gasteiger partial charge in [-0.15, -0.1) is 0 Å². The molecule has 2 aromatic rings. The summed E-state index contributed by atoms with van der Waals surface area (Å²) in [7, 11) is -2.28. The van der Waals surface area contributed by atoms with Gasteiger partial charge in [0.1, 0.15) is 11.6 Å². The first-order valence-electron chi connectivity index (χ1n) is 11.0. The van der Waals surface area contributed by atoms with Gasteiger partial charge in [0.15, 0.2) is 0 Å². The number of aliphatic hydroxyl groups excluding tert-OH is 2. The molecule has 0 saturated carbocycles. The van der Waals surface area contributed by atoms with Crippen molar-refractivity contribution in [2.75, 3.05) is 17.6 Å². The fraction of sp³-hybridized carbons (Fsp3) is 0.458. The molecule has 186 valence electrons. The van der Waals surface area contributed by atoms with Crippen molar-refractivity contribution in [2.24, 2.45) is 0 Å². The van der Waals surface area contributed by atoms with Gasteiger partial charge in [0.25, 0.3) is 0 Å². The van der Waals surface area contributed by atoms with Crippen molar-refractivity contribution in [3.63, 3.8) is 0 Å². The highest BCUT2D eigenvalue weighted by Crippen LogP contribution is 2.31. The summed E-state index contributed by atoms with van der Waals surface area (Å²) in [5.41, 5.74) is 1.97. The molecule has 2 unspecified atom stereocenters. The Labute approximate surface area is 200 Å². The van der Waals surface area contributed by atoms with Crippen LogP contribution >= 0.6 is 0 Å². The third-order valence-corrected chi connectivity index (χ3v) is 6.42. The lowest BCUT2D eigenvalue weighted by Crippen LogP contribution is -2.27. The van der Waals surface area contributed by atoms with Gasteiger partial charge in [-0.3, -0.25) is 4.79 Å².